The largest absolute Gasteiger partial charge is 0.480 e. The van der Waals surface area contributed by atoms with Crippen LogP contribution in [-0.2, 0) is 9.59 Å². The summed E-state index contributed by atoms with van der Waals surface area (Å²) >= 11 is 0. The molecule has 0 heterocycles. The van der Waals surface area contributed by atoms with E-state index in [1.165, 1.54) is 0 Å². The lowest BCUT2D eigenvalue weighted by Crippen LogP contribution is -2.50. The molecule has 0 rings (SSSR count). The number of aliphatic carboxylic acids is 1. The van der Waals surface area contributed by atoms with Crippen molar-refractivity contribution in [1.29, 1.82) is 0 Å². The van der Waals surface area contributed by atoms with E-state index in [9.17, 15) is 9.59 Å². The minimum atomic E-state index is -1.03. The molecule has 4 N–H and O–H groups in total. The van der Waals surface area contributed by atoms with E-state index >= 15 is 0 Å². The molecule has 1 amide bonds. The van der Waals surface area contributed by atoms with E-state index in [0.717, 1.165) is 0 Å². The fraction of sp³-hybridized carbons (Fsp3) is 0.778. The zero-order valence-electron chi connectivity index (χ0n) is 8.78. The minimum Gasteiger partial charge on any atom is -0.480 e. The summed E-state index contributed by atoms with van der Waals surface area (Å²) in [5.41, 5.74) is 5.46. The topological polar surface area (TPSA) is 92.4 Å². The number of carboxylic acids is 1. The van der Waals surface area contributed by atoms with Crippen LogP contribution in [0.4, 0.5) is 0 Å². The lowest BCUT2D eigenvalue weighted by molar-refractivity contribution is -0.143. The first kappa shape index (κ1) is 12.9. The number of amides is 1. The summed E-state index contributed by atoms with van der Waals surface area (Å²) in [6.07, 6.45) is 0.496. The molecule has 0 bridgehead atoms. The standard InChI is InChI=1S/C9H18N2O3/c1-4-6(10)8(12)11-7(5(2)3)9(13)14/h5-7H,4,10H2,1-3H3,(H,11,12)(H,13,14)/t6?,7-/m1/s1. The van der Waals surface area contributed by atoms with Gasteiger partial charge in [0.1, 0.15) is 6.04 Å². The van der Waals surface area contributed by atoms with Crippen LogP contribution in [0.5, 0.6) is 0 Å². The summed E-state index contributed by atoms with van der Waals surface area (Å²) in [6, 6.07) is -1.49. The third-order valence-corrected chi connectivity index (χ3v) is 2.01. The number of carbonyl (C=O) groups is 2. The molecule has 2 atom stereocenters. The average Bonchev–Trinajstić information content (AvgIpc) is 2.11. The van der Waals surface area contributed by atoms with Gasteiger partial charge in [0, 0.05) is 0 Å². The maximum absolute atomic E-state index is 11.3. The van der Waals surface area contributed by atoms with Gasteiger partial charge in [-0.3, -0.25) is 4.79 Å². The maximum atomic E-state index is 11.3. The van der Waals surface area contributed by atoms with Gasteiger partial charge in [0.25, 0.3) is 0 Å². The van der Waals surface area contributed by atoms with Gasteiger partial charge in [-0.15, -0.1) is 0 Å². The minimum absolute atomic E-state index is 0.152. The molecule has 14 heavy (non-hydrogen) atoms. The van der Waals surface area contributed by atoms with Gasteiger partial charge in [-0.25, -0.2) is 4.79 Å². The Morgan fingerprint density at radius 1 is 1.43 bits per heavy atom. The van der Waals surface area contributed by atoms with Crippen LogP contribution in [0.3, 0.4) is 0 Å². The molecule has 0 spiro atoms. The van der Waals surface area contributed by atoms with Crippen molar-refractivity contribution in [1.82, 2.24) is 5.32 Å². The molecule has 0 aliphatic rings. The van der Waals surface area contributed by atoms with Crippen molar-refractivity contribution in [3.8, 4) is 0 Å². The summed E-state index contributed by atoms with van der Waals surface area (Å²) in [4.78, 5) is 22.0. The predicted molar refractivity (Wildman–Crippen MR) is 52.7 cm³/mol. The zero-order valence-corrected chi connectivity index (χ0v) is 8.78. The molecule has 1 unspecified atom stereocenters. The molecule has 0 fully saturated rings. The van der Waals surface area contributed by atoms with Gasteiger partial charge in [0.05, 0.1) is 6.04 Å². The fourth-order valence-corrected chi connectivity index (χ4v) is 0.959. The van der Waals surface area contributed by atoms with Crippen molar-refractivity contribution in [2.45, 2.75) is 39.3 Å². The number of hydrogen-bond acceptors (Lipinski definition) is 3. The van der Waals surface area contributed by atoms with Crippen molar-refractivity contribution in [2.75, 3.05) is 0 Å². The molecular formula is C9H18N2O3. The molecule has 0 aromatic heterocycles. The van der Waals surface area contributed by atoms with Crippen molar-refractivity contribution < 1.29 is 14.7 Å². The van der Waals surface area contributed by atoms with Gasteiger partial charge in [0.2, 0.25) is 5.91 Å². The second-order valence-electron chi connectivity index (χ2n) is 3.58. The van der Waals surface area contributed by atoms with Gasteiger partial charge in [-0.1, -0.05) is 20.8 Å². The number of rotatable bonds is 5. The molecule has 0 aromatic rings. The van der Waals surface area contributed by atoms with Crippen LogP contribution in [-0.4, -0.2) is 29.1 Å². The fourth-order valence-electron chi connectivity index (χ4n) is 0.959. The number of nitrogens with two attached hydrogens (primary N) is 1. The van der Waals surface area contributed by atoms with Crippen LogP contribution < -0.4 is 11.1 Å². The molecular weight excluding hydrogens is 184 g/mol. The first-order chi connectivity index (χ1) is 6.40. The Kier molecular flexibility index (Phi) is 5.15. The van der Waals surface area contributed by atoms with Gasteiger partial charge in [0.15, 0.2) is 0 Å². The Hall–Kier alpha value is -1.10. The van der Waals surface area contributed by atoms with Crippen molar-refractivity contribution in [2.24, 2.45) is 11.7 Å². The third kappa shape index (κ3) is 3.74. The van der Waals surface area contributed by atoms with E-state index in [4.69, 9.17) is 10.8 Å². The Labute approximate surface area is 83.7 Å². The van der Waals surface area contributed by atoms with Crippen LogP contribution in [0.2, 0.25) is 0 Å². The van der Waals surface area contributed by atoms with Crippen LogP contribution in [0.15, 0.2) is 0 Å². The number of hydrogen-bond donors (Lipinski definition) is 3. The summed E-state index contributed by atoms with van der Waals surface area (Å²) in [6.45, 7) is 5.24. The van der Waals surface area contributed by atoms with E-state index in [-0.39, 0.29) is 5.92 Å². The molecule has 82 valence electrons. The number of carboxylic acid groups (broad SMARTS) is 1. The van der Waals surface area contributed by atoms with Gasteiger partial charge >= 0.3 is 5.97 Å². The zero-order chi connectivity index (χ0) is 11.3. The third-order valence-electron chi connectivity index (χ3n) is 2.01. The summed E-state index contributed by atoms with van der Waals surface area (Å²) in [5.74, 6) is -1.59. The van der Waals surface area contributed by atoms with Gasteiger partial charge in [-0.05, 0) is 12.3 Å². The molecule has 0 radical (unpaired) electrons. The molecule has 0 aliphatic carbocycles. The molecule has 0 aliphatic heterocycles. The van der Waals surface area contributed by atoms with E-state index in [1.54, 1.807) is 20.8 Å². The van der Waals surface area contributed by atoms with Gasteiger partial charge < -0.3 is 16.2 Å². The Morgan fingerprint density at radius 2 is 1.93 bits per heavy atom. The quantitative estimate of drug-likeness (QED) is 0.582. The second-order valence-corrected chi connectivity index (χ2v) is 3.58. The summed E-state index contributed by atoms with van der Waals surface area (Å²) < 4.78 is 0. The lowest BCUT2D eigenvalue weighted by Gasteiger charge is -2.19. The molecule has 0 saturated heterocycles. The van der Waals surface area contributed by atoms with Gasteiger partial charge in [-0.2, -0.15) is 0 Å². The molecule has 0 aromatic carbocycles. The summed E-state index contributed by atoms with van der Waals surface area (Å²) in [5, 5.41) is 11.2. The monoisotopic (exact) mass is 202 g/mol. The molecule has 0 saturated carbocycles. The Balaban J connectivity index is 4.31. The normalized spacial score (nSPS) is 14.9. The highest BCUT2D eigenvalue weighted by Crippen LogP contribution is 2.02. The highest BCUT2D eigenvalue weighted by Gasteiger charge is 2.25. The van der Waals surface area contributed by atoms with E-state index in [2.05, 4.69) is 5.32 Å². The van der Waals surface area contributed by atoms with Crippen LogP contribution >= 0.6 is 0 Å². The number of nitrogens with one attached hydrogen (secondary N) is 1. The highest BCUT2D eigenvalue weighted by molar-refractivity contribution is 5.86. The van der Waals surface area contributed by atoms with Crippen molar-refractivity contribution in [3.05, 3.63) is 0 Å². The predicted octanol–water partition coefficient (Wildman–Crippen LogP) is -0.0509. The van der Waals surface area contributed by atoms with Crippen molar-refractivity contribution >= 4 is 11.9 Å². The molecule has 5 nitrogen and oxygen atoms in total. The Morgan fingerprint density at radius 3 is 2.21 bits per heavy atom. The number of carbonyl (C=O) groups excluding carboxylic acids is 1. The van der Waals surface area contributed by atoms with Crippen LogP contribution in [0.1, 0.15) is 27.2 Å². The highest BCUT2D eigenvalue weighted by atomic mass is 16.4. The maximum Gasteiger partial charge on any atom is 0.326 e. The van der Waals surface area contributed by atoms with Crippen LogP contribution in [0.25, 0.3) is 0 Å². The first-order valence-corrected chi connectivity index (χ1v) is 4.68. The molecule has 5 heteroatoms. The van der Waals surface area contributed by atoms with Crippen molar-refractivity contribution in [3.63, 3.8) is 0 Å². The summed E-state index contributed by atoms with van der Waals surface area (Å²) in [7, 11) is 0. The van der Waals surface area contributed by atoms with Crippen LogP contribution in [0, 0.1) is 5.92 Å². The SMILES string of the molecule is CCC(N)C(=O)N[C@@H](C(=O)O)C(C)C. The van der Waals surface area contributed by atoms with E-state index in [0.29, 0.717) is 6.42 Å². The average molecular weight is 202 g/mol. The van der Waals surface area contributed by atoms with E-state index < -0.39 is 24.0 Å². The smallest absolute Gasteiger partial charge is 0.326 e. The first-order valence-electron chi connectivity index (χ1n) is 4.68. The lowest BCUT2D eigenvalue weighted by atomic mass is 10.0. The van der Waals surface area contributed by atoms with E-state index in [1.807, 2.05) is 0 Å². The Bertz CT molecular complexity index is 216. The second kappa shape index (κ2) is 5.59.